The maximum absolute atomic E-state index is 10.6. The van der Waals surface area contributed by atoms with E-state index in [0.29, 0.717) is 12.2 Å². The molecule has 0 saturated heterocycles. The van der Waals surface area contributed by atoms with Gasteiger partial charge in [0, 0.05) is 6.42 Å². The lowest BCUT2D eigenvalue weighted by atomic mass is 9.83. The van der Waals surface area contributed by atoms with Crippen molar-refractivity contribution < 1.29 is 9.90 Å². The van der Waals surface area contributed by atoms with Crippen LogP contribution in [0.4, 0.5) is 0 Å². The third-order valence-electron chi connectivity index (χ3n) is 3.53. The van der Waals surface area contributed by atoms with Crippen LogP contribution in [0.2, 0.25) is 0 Å². The van der Waals surface area contributed by atoms with E-state index in [-0.39, 0.29) is 5.92 Å². The fraction of sp³-hybridized carbons (Fsp3) is 0.500. The zero-order chi connectivity index (χ0) is 11.5. The molecule has 1 atom stereocenters. The van der Waals surface area contributed by atoms with Gasteiger partial charge in [0.15, 0.2) is 0 Å². The van der Waals surface area contributed by atoms with Gasteiger partial charge < -0.3 is 9.90 Å². The first-order valence-electron chi connectivity index (χ1n) is 6.01. The van der Waals surface area contributed by atoms with E-state index < -0.39 is 0 Å². The van der Waals surface area contributed by atoms with Crippen molar-refractivity contribution >= 4 is 6.29 Å². The van der Waals surface area contributed by atoms with Crippen molar-refractivity contribution in [2.45, 2.75) is 44.9 Å². The largest absolute Gasteiger partial charge is 0.508 e. The lowest BCUT2D eigenvalue weighted by molar-refractivity contribution is -0.108. The van der Waals surface area contributed by atoms with Gasteiger partial charge in [-0.2, -0.15) is 0 Å². The topological polar surface area (TPSA) is 37.3 Å². The van der Waals surface area contributed by atoms with Gasteiger partial charge in [0.1, 0.15) is 12.0 Å². The standard InChI is InChI=1S/C14H18O2/c1-10(8-9-15)11-6-7-14(16)13-5-3-2-4-12(11)13/h6-7,9-10,16H,2-5,8H2,1H3. The molecule has 1 aliphatic carbocycles. The zero-order valence-corrected chi connectivity index (χ0v) is 9.70. The molecule has 1 aliphatic rings. The van der Waals surface area contributed by atoms with Crippen LogP contribution in [-0.2, 0) is 17.6 Å². The van der Waals surface area contributed by atoms with Crippen LogP contribution in [0.5, 0.6) is 5.75 Å². The summed E-state index contributed by atoms with van der Waals surface area (Å²) in [5.41, 5.74) is 3.65. The molecule has 1 N–H and O–H groups in total. The molecular weight excluding hydrogens is 200 g/mol. The first kappa shape index (κ1) is 11.2. The molecule has 0 aromatic heterocycles. The molecule has 1 aromatic rings. The van der Waals surface area contributed by atoms with Gasteiger partial charge in [0.2, 0.25) is 0 Å². The Morgan fingerprint density at radius 1 is 1.31 bits per heavy atom. The molecule has 0 fully saturated rings. The minimum atomic E-state index is 0.268. The monoisotopic (exact) mass is 218 g/mol. The average molecular weight is 218 g/mol. The van der Waals surface area contributed by atoms with Gasteiger partial charge in [0.05, 0.1) is 0 Å². The number of aldehydes is 1. The Kier molecular flexibility index (Phi) is 3.28. The smallest absolute Gasteiger partial charge is 0.120 e. The highest BCUT2D eigenvalue weighted by Gasteiger charge is 2.19. The van der Waals surface area contributed by atoms with E-state index >= 15 is 0 Å². The zero-order valence-electron chi connectivity index (χ0n) is 9.70. The highest BCUT2D eigenvalue weighted by atomic mass is 16.3. The third-order valence-corrected chi connectivity index (χ3v) is 3.53. The van der Waals surface area contributed by atoms with E-state index in [0.717, 1.165) is 31.1 Å². The number of hydrogen-bond acceptors (Lipinski definition) is 2. The number of phenolic OH excluding ortho intramolecular Hbond substituents is 1. The number of aromatic hydroxyl groups is 1. The van der Waals surface area contributed by atoms with Gasteiger partial charge in [-0.25, -0.2) is 0 Å². The van der Waals surface area contributed by atoms with Gasteiger partial charge >= 0.3 is 0 Å². The van der Waals surface area contributed by atoms with Crippen molar-refractivity contribution in [3.63, 3.8) is 0 Å². The number of carbonyl (C=O) groups excluding carboxylic acids is 1. The summed E-state index contributed by atoms with van der Waals surface area (Å²) in [6, 6.07) is 3.76. The normalized spacial score (nSPS) is 16.6. The Morgan fingerprint density at radius 2 is 2.00 bits per heavy atom. The van der Waals surface area contributed by atoms with Gasteiger partial charge in [-0.15, -0.1) is 0 Å². The summed E-state index contributed by atoms with van der Waals surface area (Å²) < 4.78 is 0. The Bertz CT molecular complexity index is 396. The van der Waals surface area contributed by atoms with E-state index in [2.05, 4.69) is 6.92 Å². The Balaban J connectivity index is 2.42. The summed E-state index contributed by atoms with van der Waals surface area (Å²) in [7, 11) is 0. The van der Waals surface area contributed by atoms with Crippen LogP contribution >= 0.6 is 0 Å². The molecule has 0 saturated carbocycles. The SMILES string of the molecule is CC(CC=O)c1ccc(O)c2c1CCCC2. The molecule has 0 aliphatic heterocycles. The fourth-order valence-electron chi connectivity index (χ4n) is 2.61. The summed E-state index contributed by atoms with van der Waals surface area (Å²) in [6.45, 7) is 2.08. The second-order valence-corrected chi connectivity index (χ2v) is 4.64. The summed E-state index contributed by atoms with van der Waals surface area (Å²) in [4.78, 5) is 10.6. The summed E-state index contributed by atoms with van der Waals surface area (Å²) >= 11 is 0. The second kappa shape index (κ2) is 4.69. The Morgan fingerprint density at radius 3 is 2.69 bits per heavy atom. The van der Waals surface area contributed by atoms with Crippen molar-refractivity contribution in [1.82, 2.24) is 0 Å². The first-order valence-corrected chi connectivity index (χ1v) is 6.01. The van der Waals surface area contributed by atoms with Crippen molar-refractivity contribution in [3.05, 3.63) is 28.8 Å². The highest BCUT2D eigenvalue weighted by Crippen LogP contribution is 2.35. The summed E-state index contributed by atoms with van der Waals surface area (Å²) in [6.07, 6.45) is 5.92. The van der Waals surface area contributed by atoms with Crippen LogP contribution in [0.15, 0.2) is 12.1 Å². The van der Waals surface area contributed by atoms with Crippen LogP contribution in [0.1, 0.15) is 48.8 Å². The van der Waals surface area contributed by atoms with Crippen LogP contribution in [-0.4, -0.2) is 11.4 Å². The van der Waals surface area contributed by atoms with Gasteiger partial charge in [0.25, 0.3) is 0 Å². The minimum absolute atomic E-state index is 0.268. The summed E-state index contributed by atoms with van der Waals surface area (Å²) in [5.74, 6) is 0.696. The minimum Gasteiger partial charge on any atom is -0.508 e. The first-order chi connectivity index (χ1) is 7.74. The van der Waals surface area contributed by atoms with E-state index in [1.54, 1.807) is 6.07 Å². The lowest BCUT2D eigenvalue weighted by Gasteiger charge is -2.23. The van der Waals surface area contributed by atoms with Crippen LogP contribution in [0, 0.1) is 0 Å². The number of benzene rings is 1. The number of rotatable bonds is 3. The quantitative estimate of drug-likeness (QED) is 0.792. The van der Waals surface area contributed by atoms with E-state index in [1.807, 2.05) is 6.07 Å². The molecule has 2 rings (SSSR count). The van der Waals surface area contributed by atoms with Crippen molar-refractivity contribution in [3.8, 4) is 5.75 Å². The van der Waals surface area contributed by atoms with Crippen molar-refractivity contribution in [1.29, 1.82) is 0 Å². The molecule has 1 aromatic carbocycles. The van der Waals surface area contributed by atoms with Gasteiger partial charge in [-0.3, -0.25) is 0 Å². The second-order valence-electron chi connectivity index (χ2n) is 4.64. The molecule has 0 spiro atoms. The van der Waals surface area contributed by atoms with E-state index in [4.69, 9.17) is 0 Å². The van der Waals surface area contributed by atoms with Crippen LogP contribution in [0.25, 0.3) is 0 Å². The van der Waals surface area contributed by atoms with E-state index in [1.165, 1.54) is 17.5 Å². The van der Waals surface area contributed by atoms with Gasteiger partial charge in [-0.05, 0) is 54.4 Å². The Labute approximate surface area is 96.3 Å². The van der Waals surface area contributed by atoms with Crippen molar-refractivity contribution in [2.75, 3.05) is 0 Å². The number of fused-ring (bicyclic) bond motifs is 1. The number of hydrogen-bond donors (Lipinski definition) is 1. The molecule has 0 bridgehead atoms. The molecule has 2 heteroatoms. The molecule has 0 radical (unpaired) electrons. The Hall–Kier alpha value is -1.31. The fourth-order valence-corrected chi connectivity index (χ4v) is 2.61. The number of carbonyl (C=O) groups is 1. The van der Waals surface area contributed by atoms with Crippen LogP contribution < -0.4 is 0 Å². The summed E-state index contributed by atoms with van der Waals surface area (Å²) in [5, 5.41) is 9.82. The number of phenols is 1. The molecule has 0 heterocycles. The molecule has 16 heavy (non-hydrogen) atoms. The highest BCUT2D eigenvalue weighted by molar-refractivity contribution is 5.54. The lowest BCUT2D eigenvalue weighted by Crippen LogP contribution is -2.09. The average Bonchev–Trinajstić information content (AvgIpc) is 2.30. The molecule has 86 valence electrons. The van der Waals surface area contributed by atoms with Crippen molar-refractivity contribution in [2.24, 2.45) is 0 Å². The molecular formula is C14H18O2. The third kappa shape index (κ3) is 1.97. The molecule has 1 unspecified atom stereocenters. The van der Waals surface area contributed by atoms with E-state index in [9.17, 15) is 9.90 Å². The van der Waals surface area contributed by atoms with Crippen LogP contribution in [0.3, 0.4) is 0 Å². The molecule has 0 amide bonds. The van der Waals surface area contributed by atoms with Gasteiger partial charge in [-0.1, -0.05) is 13.0 Å². The maximum atomic E-state index is 10.6. The molecule has 2 nitrogen and oxygen atoms in total. The predicted molar refractivity (Wildman–Crippen MR) is 63.8 cm³/mol. The maximum Gasteiger partial charge on any atom is 0.120 e. The predicted octanol–water partition coefficient (Wildman–Crippen LogP) is 2.96.